The lowest BCUT2D eigenvalue weighted by molar-refractivity contribution is 0.0277. The highest BCUT2D eigenvalue weighted by Crippen LogP contribution is 2.18. The normalized spacial score (nSPS) is 11.5. The van der Waals surface area contributed by atoms with E-state index in [1.165, 1.54) is 0 Å². The van der Waals surface area contributed by atoms with E-state index in [0.29, 0.717) is 17.2 Å². The van der Waals surface area contributed by atoms with Crippen LogP contribution in [0, 0.1) is 19.3 Å². The molecule has 1 aromatic heterocycles. The van der Waals surface area contributed by atoms with Crippen LogP contribution in [0.5, 0.6) is 5.75 Å². The fourth-order valence-electron chi connectivity index (χ4n) is 1.57. The highest BCUT2D eigenvalue weighted by atomic mass is 16.6. The van der Waals surface area contributed by atoms with Crippen LogP contribution in [0.1, 0.15) is 35.2 Å². The van der Waals surface area contributed by atoms with E-state index in [1.807, 2.05) is 0 Å². The monoisotopic (exact) mass is 286 g/mol. The first kappa shape index (κ1) is 14.6. The maximum atomic E-state index is 12.0. The third kappa shape index (κ3) is 3.83. The van der Waals surface area contributed by atoms with Gasteiger partial charge in [0, 0.05) is 6.92 Å². The van der Waals surface area contributed by atoms with Gasteiger partial charge in [0.1, 0.15) is 12.4 Å². The lowest BCUT2D eigenvalue weighted by Gasteiger charge is -2.09. The van der Waals surface area contributed by atoms with Crippen molar-refractivity contribution in [1.29, 1.82) is 0 Å². The third-order valence-electron chi connectivity index (χ3n) is 2.59. The number of nitrogens with zero attached hydrogens (tertiary/aromatic N) is 2. The number of hydrogen-bond donors (Lipinski definition) is 0. The van der Waals surface area contributed by atoms with E-state index in [9.17, 15) is 4.79 Å². The van der Waals surface area contributed by atoms with Gasteiger partial charge in [0.15, 0.2) is 6.10 Å². The van der Waals surface area contributed by atoms with E-state index in [2.05, 4.69) is 16.1 Å². The van der Waals surface area contributed by atoms with Crippen molar-refractivity contribution in [2.45, 2.75) is 20.0 Å². The zero-order valence-electron chi connectivity index (χ0n) is 11.7. The molecule has 0 fully saturated rings. The molecular weight excluding hydrogens is 272 g/mol. The molecule has 0 saturated carbocycles. The van der Waals surface area contributed by atoms with E-state index in [1.54, 1.807) is 38.1 Å². The molecule has 0 radical (unpaired) electrons. The van der Waals surface area contributed by atoms with Crippen molar-refractivity contribution < 1.29 is 18.7 Å². The first-order chi connectivity index (χ1) is 10.1. The van der Waals surface area contributed by atoms with Gasteiger partial charge in [0.25, 0.3) is 5.89 Å². The van der Waals surface area contributed by atoms with Crippen LogP contribution in [0.3, 0.4) is 0 Å². The van der Waals surface area contributed by atoms with Crippen LogP contribution >= 0.6 is 0 Å². The maximum absolute atomic E-state index is 12.0. The summed E-state index contributed by atoms with van der Waals surface area (Å²) in [5, 5.41) is 7.49. The third-order valence-corrected chi connectivity index (χ3v) is 2.59. The van der Waals surface area contributed by atoms with Crippen molar-refractivity contribution in [3.8, 4) is 18.1 Å². The summed E-state index contributed by atoms with van der Waals surface area (Å²) in [7, 11) is 0. The van der Waals surface area contributed by atoms with E-state index in [0.717, 1.165) is 0 Å². The largest absolute Gasteiger partial charge is 0.481 e. The average Bonchev–Trinajstić information content (AvgIpc) is 2.92. The summed E-state index contributed by atoms with van der Waals surface area (Å²) in [6.45, 7) is 3.51. The first-order valence-corrected chi connectivity index (χ1v) is 6.27. The lowest BCUT2D eigenvalue weighted by atomic mass is 10.2. The number of aromatic nitrogens is 2. The molecule has 1 atom stereocenters. The number of carbonyl (C=O) groups is 1. The zero-order chi connectivity index (χ0) is 15.2. The molecule has 1 heterocycles. The summed E-state index contributed by atoms with van der Waals surface area (Å²) in [5.41, 5.74) is 0.395. The molecule has 6 heteroatoms. The minimum Gasteiger partial charge on any atom is -0.481 e. The smallest absolute Gasteiger partial charge is 0.338 e. The number of benzene rings is 1. The first-order valence-electron chi connectivity index (χ1n) is 6.27. The summed E-state index contributed by atoms with van der Waals surface area (Å²) in [5.74, 6) is 3.14. The Labute approximate surface area is 122 Å². The second-order valence-electron chi connectivity index (χ2n) is 4.22. The summed E-state index contributed by atoms with van der Waals surface area (Å²) in [6.07, 6.45) is 4.48. The molecule has 1 aromatic carbocycles. The predicted molar refractivity (Wildman–Crippen MR) is 73.6 cm³/mol. The molecule has 0 N–H and O–H groups in total. The molecule has 0 aliphatic heterocycles. The Balaban J connectivity index is 1.98. The molecular formula is C15H14N2O4. The van der Waals surface area contributed by atoms with Crippen LogP contribution in [0.25, 0.3) is 0 Å². The molecule has 0 spiro atoms. The highest BCUT2D eigenvalue weighted by molar-refractivity contribution is 5.89. The quantitative estimate of drug-likeness (QED) is 0.620. The second kappa shape index (κ2) is 6.57. The molecule has 0 aliphatic carbocycles. The molecule has 0 saturated heterocycles. The van der Waals surface area contributed by atoms with Gasteiger partial charge in [-0.25, -0.2) is 4.79 Å². The molecule has 1 unspecified atom stereocenters. The fourth-order valence-corrected chi connectivity index (χ4v) is 1.57. The number of ether oxygens (including phenoxy) is 2. The molecule has 0 amide bonds. The van der Waals surface area contributed by atoms with Gasteiger partial charge in [-0.15, -0.1) is 16.6 Å². The zero-order valence-corrected chi connectivity index (χ0v) is 11.7. The van der Waals surface area contributed by atoms with Crippen LogP contribution < -0.4 is 4.74 Å². The van der Waals surface area contributed by atoms with E-state index in [4.69, 9.17) is 20.3 Å². The van der Waals surface area contributed by atoms with Crippen LogP contribution in [-0.2, 0) is 4.74 Å². The maximum Gasteiger partial charge on any atom is 0.338 e. The Morgan fingerprint density at radius 2 is 2.10 bits per heavy atom. The second-order valence-corrected chi connectivity index (χ2v) is 4.22. The molecule has 108 valence electrons. The summed E-state index contributed by atoms with van der Waals surface area (Å²) >= 11 is 0. The van der Waals surface area contributed by atoms with E-state index in [-0.39, 0.29) is 12.5 Å². The van der Waals surface area contributed by atoms with Gasteiger partial charge in [0.05, 0.1) is 5.56 Å². The van der Waals surface area contributed by atoms with Gasteiger partial charge in [0.2, 0.25) is 5.89 Å². The predicted octanol–water partition coefficient (Wildman–Crippen LogP) is 2.31. The average molecular weight is 286 g/mol. The van der Waals surface area contributed by atoms with Crippen LogP contribution in [0.15, 0.2) is 28.7 Å². The molecule has 2 aromatic rings. The van der Waals surface area contributed by atoms with Gasteiger partial charge in [-0.3, -0.25) is 0 Å². The summed E-state index contributed by atoms with van der Waals surface area (Å²) in [6, 6.07) is 6.49. The van der Waals surface area contributed by atoms with Crippen molar-refractivity contribution in [1.82, 2.24) is 10.2 Å². The molecule has 6 nitrogen and oxygen atoms in total. The minimum absolute atomic E-state index is 0.178. The number of esters is 1. The van der Waals surface area contributed by atoms with Gasteiger partial charge in [-0.1, -0.05) is 5.92 Å². The van der Waals surface area contributed by atoms with E-state index >= 15 is 0 Å². The van der Waals surface area contributed by atoms with Crippen molar-refractivity contribution in [2.75, 3.05) is 6.61 Å². The molecule has 21 heavy (non-hydrogen) atoms. The summed E-state index contributed by atoms with van der Waals surface area (Å²) < 4.78 is 15.7. The van der Waals surface area contributed by atoms with Gasteiger partial charge in [-0.05, 0) is 31.2 Å². The van der Waals surface area contributed by atoms with E-state index < -0.39 is 12.1 Å². The molecule has 0 aliphatic rings. The number of hydrogen-bond acceptors (Lipinski definition) is 6. The standard InChI is InChI=1S/C15H14N2O4/c1-4-9-19-13-7-5-12(6-8-13)15(18)20-10(2)14-17-16-11(3)21-14/h1,5-8,10H,9H2,2-3H3. The Kier molecular flexibility index (Phi) is 4.57. The SMILES string of the molecule is C#CCOc1ccc(C(=O)OC(C)c2nnc(C)o2)cc1. The Hall–Kier alpha value is -2.81. The van der Waals surface area contributed by atoms with Gasteiger partial charge in [-0.2, -0.15) is 0 Å². The molecule has 0 bridgehead atoms. The van der Waals surface area contributed by atoms with Crippen LogP contribution in [0.2, 0.25) is 0 Å². The Morgan fingerprint density at radius 3 is 2.67 bits per heavy atom. The number of rotatable bonds is 5. The fraction of sp³-hybridized carbons (Fsp3) is 0.267. The topological polar surface area (TPSA) is 74.5 Å². The Morgan fingerprint density at radius 1 is 1.38 bits per heavy atom. The highest BCUT2D eigenvalue weighted by Gasteiger charge is 2.18. The van der Waals surface area contributed by atoms with Crippen LogP contribution in [0.4, 0.5) is 0 Å². The van der Waals surface area contributed by atoms with Gasteiger partial charge < -0.3 is 13.9 Å². The Bertz CT molecular complexity index is 655. The number of aryl methyl sites for hydroxylation is 1. The van der Waals surface area contributed by atoms with Gasteiger partial charge >= 0.3 is 5.97 Å². The van der Waals surface area contributed by atoms with Crippen molar-refractivity contribution in [3.05, 3.63) is 41.6 Å². The van der Waals surface area contributed by atoms with Crippen LogP contribution in [-0.4, -0.2) is 22.8 Å². The lowest BCUT2D eigenvalue weighted by Crippen LogP contribution is -2.09. The summed E-state index contributed by atoms with van der Waals surface area (Å²) in [4.78, 5) is 12.0. The van der Waals surface area contributed by atoms with Crippen molar-refractivity contribution in [3.63, 3.8) is 0 Å². The number of carbonyl (C=O) groups excluding carboxylic acids is 1. The molecule has 2 rings (SSSR count). The minimum atomic E-state index is -0.615. The van der Waals surface area contributed by atoms with Crippen molar-refractivity contribution in [2.24, 2.45) is 0 Å². The van der Waals surface area contributed by atoms with Crippen molar-refractivity contribution >= 4 is 5.97 Å². The number of terminal acetylenes is 1.